The summed E-state index contributed by atoms with van der Waals surface area (Å²) in [6, 6.07) is -0.413. The van der Waals surface area contributed by atoms with E-state index in [1.807, 2.05) is 20.8 Å². The number of carbonyl (C=O) groups excluding carboxylic acids is 1. The monoisotopic (exact) mass is 232 g/mol. The molecule has 0 radical (unpaired) electrons. The molecule has 0 rings (SSSR count). The highest BCUT2D eigenvalue weighted by molar-refractivity contribution is 5.79. The van der Waals surface area contributed by atoms with E-state index in [0.717, 1.165) is 13.0 Å². The predicted molar refractivity (Wildman–Crippen MR) is 63.2 cm³/mol. The van der Waals surface area contributed by atoms with Crippen LogP contribution in [-0.2, 0) is 14.3 Å². The summed E-state index contributed by atoms with van der Waals surface area (Å²) in [5.41, 5.74) is 5.25. The zero-order chi connectivity index (χ0) is 12.4. The first-order valence-corrected chi connectivity index (χ1v) is 5.83. The van der Waals surface area contributed by atoms with Crippen molar-refractivity contribution in [2.45, 2.75) is 39.3 Å². The average Bonchev–Trinajstić information content (AvgIpc) is 2.25. The van der Waals surface area contributed by atoms with Gasteiger partial charge in [-0.05, 0) is 26.8 Å². The van der Waals surface area contributed by atoms with Crippen molar-refractivity contribution in [3.05, 3.63) is 0 Å². The molecule has 1 amide bonds. The molecule has 5 nitrogen and oxygen atoms in total. The van der Waals surface area contributed by atoms with E-state index < -0.39 is 6.04 Å². The van der Waals surface area contributed by atoms with Gasteiger partial charge in [-0.2, -0.15) is 0 Å². The maximum absolute atomic E-state index is 11.1. The molecule has 0 aliphatic rings. The number of rotatable bonds is 10. The van der Waals surface area contributed by atoms with Gasteiger partial charge >= 0.3 is 0 Å². The standard InChI is InChI=1S/C11H24N2O3/c1-4-6-13-10(11(12)14)8-16-9(3)7-15-5-2/h9-10,13H,4-8H2,1-3H3,(H2,12,14). The molecule has 96 valence electrons. The number of nitrogens with one attached hydrogen (secondary N) is 1. The molecule has 5 heteroatoms. The lowest BCUT2D eigenvalue weighted by Crippen LogP contribution is -2.45. The van der Waals surface area contributed by atoms with E-state index in [1.54, 1.807) is 0 Å². The van der Waals surface area contributed by atoms with Gasteiger partial charge in [-0.15, -0.1) is 0 Å². The minimum absolute atomic E-state index is 0.0229. The van der Waals surface area contributed by atoms with Crippen molar-refractivity contribution >= 4 is 5.91 Å². The van der Waals surface area contributed by atoms with Crippen LogP contribution in [0.15, 0.2) is 0 Å². The molecular formula is C11H24N2O3. The molecule has 0 aromatic heterocycles. The molecule has 0 aromatic rings. The first kappa shape index (κ1) is 15.3. The van der Waals surface area contributed by atoms with Crippen LogP contribution in [0.1, 0.15) is 27.2 Å². The third-order valence-electron chi connectivity index (χ3n) is 2.09. The van der Waals surface area contributed by atoms with Crippen molar-refractivity contribution in [1.82, 2.24) is 5.32 Å². The van der Waals surface area contributed by atoms with Crippen molar-refractivity contribution in [2.24, 2.45) is 5.73 Å². The van der Waals surface area contributed by atoms with Gasteiger partial charge in [0.05, 0.1) is 19.3 Å². The predicted octanol–water partition coefficient (Wildman–Crippen LogP) is 0.282. The number of carbonyl (C=O) groups is 1. The molecular weight excluding hydrogens is 208 g/mol. The second kappa shape index (κ2) is 9.57. The molecule has 0 saturated heterocycles. The molecule has 0 bridgehead atoms. The van der Waals surface area contributed by atoms with Crippen molar-refractivity contribution < 1.29 is 14.3 Å². The minimum atomic E-state index is -0.413. The first-order chi connectivity index (χ1) is 7.61. The molecule has 3 N–H and O–H groups in total. The summed E-state index contributed by atoms with van der Waals surface area (Å²) in [6.45, 7) is 8.13. The van der Waals surface area contributed by atoms with Crippen molar-refractivity contribution in [3.8, 4) is 0 Å². The third-order valence-corrected chi connectivity index (χ3v) is 2.09. The second-order valence-corrected chi connectivity index (χ2v) is 3.71. The van der Waals surface area contributed by atoms with Gasteiger partial charge in [-0.3, -0.25) is 4.79 Å². The van der Waals surface area contributed by atoms with Crippen molar-refractivity contribution in [1.29, 1.82) is 0 Å². The van der Waals surface area contributed by atoms with Gasteiger partial charge in [-0.25, -0.2) is 0 Å². The number of hydrogen-bond donors (Lipinski definition) is 2. The van der Waals surface area contributed by atoms with Crippen LogP contribution in [0.3, 0.4) is 0 Å². The Kier molecular flexibility index (Phi) is 9.18. The minimum Gasteiger partial charge on any atom is -0.379 e. The lowest BCUT2D eigenvalue weighted by atomic mass is 10.3. The van der Waals surface area contributed by atoms with Crippen LogP contribution >= 0.6 is 0 Å². The molecule has 0 spiro atoms. The molecule has 0 saturated carbocycles. The Hall–Kier alpha value is -0.650. The SMILES string of the molecule is CCCNC(COC(C)COCC)C(N)=O. The van der Waals surface area contributed by atoms with Crippen LogP contribution < -0.4 is 11.1 Å². The number of hydrogen-bond acceptors (Lipinski definition) is 4. The summed E-state index contributed by atoms with van der Waals surface area (Å²) < 4.78 is 10.7. The molecule has 2 unspecified atom stereocenters. The van der Waals surface area contributed by atoms with E-state index in [-0.39, 0.29) is 12.0 Å². The maximum atomic E-state index is 11.1. The van der Waals surface area contributed by atoms with Crippen LogP contribution in [0.25, 0.3) is 0 Å². The Morgan fingerprint density at radius 3 is 2.56 bits per heavy atom. The molecule has 0 aliphatic heterocycles. The number of nitrogens with two attached hydrogens (primary N) is 1. The second-order valence-electron chi connectivity index (χ2n) is 3.71. The Morgan fingerprint density at radius 2 is 2.06 bits per heavy atom. The molecule has 0 aliphatic carbocycles. The fourth-order valence-corrected chi connectivity index (χ4v) is 1.15. The lowest BCUT2D eigenvalue weighted by molar-refractivity contribution is -0.122. The number of primary amides is 1. The highest BCUT2D eigenvalue weighted by Crippen LogP contribution is 1.95. The topological polar surface area (TPSA) is 73.6 Å². The Balaban J connectivity index is 3.78. The zero-order valence-electron chi connectivity index (χ0n) is 10.5. The quantitative estimate of drug-likeness (QED) is 0.567. The number of amides is 1. The first-order valence-electron chi connectivity index (χ1n) is 5.83. The third kappa shape index (κ3) is 7.62. The Bertz CT molecular complexity index is 188. The molecule has 16 heavy (non-hydrogen) atoms. The molecule has 2 atom stereocenters. The Labute approximate surface area is 97.7 Å². The van der Waals surface area contributed by atoms with Crippen LogP contribution in [-0.4, -0.2) is 44.4 Å². The maximum Gasteiger partial charge on any atom is 0.236 e. The summed E-state index contributed by atoms with van der Waals surface area (Å²) in [5, 5.41) is 3.04. The van der Waals surface area contributed by atoms with Gasteiger partial charge in [0.2, 0.25) is 5.91 Å². The summed E-state index contributed by atoms with van der Waals surface area (Å²) >= 11 is 0. The van der Waals surface area contributed by atoms with Crippen molar-refractivity contribution in [2.75, 3.05) is 26.4 Å². The molecule has 0 heterocycles. The normalized spacial score (nSPS) is 14.7. The fourth-order valence-electron chi connectivity index (χ4n) is 1.15. The highest BCUT2D eigenvalue weighted by Gasteiger charge is 2.15. The van der Waals surface area contributed by atoms with Gasteiger partial charge in [0.15, 0.2) is 0 Å². The van der Waals surface area contributed by atoms with Crippen LogP contribution in [0.2, 0.25) is 0 Å². The van der Waals surface area contributed by atoms with E-state index in [0.29, 0.717) is 19.8 Å². The fraction of sp³-hybridized carbons (Fsp3) is 0.909. The van der Waals surface area contributed by atoms with Gasteiger partial charge in [-0.1, -0.05) is 6.92 Å². The smallest absolute Gasteiger partial charge is 0.236 e. The van der Waals surface area contributed by atoms with Gasteiger partial charge < -0.3 is 20.5 Å². The summed E-state index contributed by atoms with van der Waals surface area (Å²) in [7, 11) is 0. The Morgan fingerprint density at radius 1 is 1.38 bits per heavy atom. The average molecular weight is 232 g/mol. The van der Waals surface area contributed by atoms with E-state index >= 15 is 0 Å². The lowest BCUT2D eigenvalue weighted by Gasteiger charge is -2.18. The highest BCUT2D eigenvalue weighted by atomic mass is 16.5. The van der Waals surface area contributed by atoms with Crippen molar-refractivity contribution in [3.63, 3.8) is 0 Å². The van der Waals surface area contributed by atoms with Gasteiger partial charge in [0.1, 0.15) is 6.04 Å². The van der Waals surface area contributed by atoms with E-state index in [1.165, 1.54) is 0 Å². The van der Waals surface area contributed by atoms with E-state index in [2.05, 4.69) is 5.32 Å². The summed E-state index contributed by atoms with van der Waals surface area (Å²) in [6.07, 6.45) is 0.934. The summed E-state index contributed by atoms with van der Waals surface area (Å²) in [4.78, 5) is 11.1. The van der Waals surface area contributed by atoms with Crippen LogP contribution in [0, 0.1) is 0 Å². The van der Waals surface area contributed by atoms with Gasteiger partial charge in [0.25, 0.3) is 0 Å². The van der Waals surface area contributed by atoms with E-state index in [4.69, 9.17) is 15.2 Å². The van der Waals surface area contributed by atoms with Crippen LogP contribution in [0.5, 0.6) is 0 Å². The number of ether oxygens (including phenoxy) is 2. The van der Waals surface area contributed by atoms with Crippen LogP contribution in [0.4, 0.5) is 0 Å². The van der Waals surface area contributed by atoms with E-state index in [9.17, 15) is 4.79 Å². The zero-order valence-corrected chi connectivity index (χ0v) is 10.5. The summed E-state index contributed by atoms with van der Waals surface area (Å²) in [5.74, 6) is -0.378. The van der Waals surface area contributed by atoms with Gasteiger partial charge in [0, 0.05) is 6.61 Å². The molecule has 0 aromatic carbocycles. The molecule has 0 fully saturated rings. The largest absolute Gasteiger partial charge is 0.379 e.